The highest BCUT2D eigenvalue weighted by Gasteiger charge is 2.33. The quantitative estimate of drug-likeness (QED) is 0.563. The fourth-order valence-electron chi connectivity index (χ4n) is 5.00. The van der Waals surface area contributed by atoms with E-state index in [1.165, 1.54) is 40.8 Å². The third kappa shape index (κ3) is 5.46. The maximum Gasteiger partial charge on any atom is 0.0511 e. The largest absolute Gasteiger partial charge is 0.393 e. The number of aliphatic imine (C=N–C) groups is 1. The van der Waals surface area contributed by atoms with Crippen LogP contribution in [-0.2, 0) is 6.42 Å². The molecule has 3 aliphatic rings. The number of piperidine rings is 1. The molecule has 3 nitrogen and oxygen atoms in total. The molecular formula is C28H39N3. The van der Waals surface area contributed by atoms with E-state index in [-0.39, 0.29) is 0 Å². The molecule has 4 rings (SSSR count). The Morgan fingerprint density at radius 2 is 1.90 bits per heavy atom. The maximum atomic E-state index is 4.86. The van der Waals surface area contributed by atoms with Gasteiger partial charge in [-0.2, -0.15) is 0 Å². The molecule has 2 heterocycles. The summed E-state index contributed by atoms with van der Waals surface area (Å²) < 4.78 is 0. The Morgan fingerprint density at radius 3 is 2.55 bits per heavy atom. The highest BCUT2D eigenvalue weighted by Crippen LogP contribution is 2.39. The van der Waals surface area contributed by atoms with Crippen LogP contribution in [0, 0.1) is 11.8 Å². The van der Waals surface area contributed by atoms with Crippen LogP contribution in [-0.4, -0.2) is 25.8 Å². The van der Waals surface area contributed by atoms with E-state index < -0.39 is 0 Å². The average Bonchev–Trinajstić information content (AvgIpc) is 3.23. The van der Waals surface area contributed by atoms with E-state index in [0.29, 0.717) is 17.8 Å². The molecule has 0 radical (unpaired) electrons. The first-order valence-corrected chi connectivity index (χ1v) is 12.0. The van der Waals surface area contributed by atoms with Gasteiger partial charge in [-0.15, -0.1) is 0 Å². The number of fused-ring (bicyclic) bond motifs is 1. The Labute approximate surface area is 189 Å². The standard InChI is InChI=1S/C26H33N3.C2H6/c1-4-20(16-27-3)25-17-29-26-23(13-18(2)14-24(25)26)15-19-5-7-21(8-6-19)22-9-11-28-12-10-22;1-2/h4-8,13,16-18,22,24,27-28H,1,9-12,14-15H2,2-3H3;1-2H3/b20-16+;. The van der Waals surface area contributed by atoms with Crippen LogP contribution in [0.15, 0.2) is 77.1 Å². The van der Waals surface area contributed by atoms with Gasteiger partial charge < -0.3 is 10.6 Å². The van der Waals surface area contributed by atoms with Crippen LogP contribution in [0.5, 0.6) is 0 Å². The van der Waals surface area contributed by atoms with Crippen molar-refractivity contribution in [1.82, 2.24) is 10.6 Å². The van der Waals surface area contributed by atoms with Gasteiger partial charge in [-0.3, -0.25) is 4.99 Å². The summed E-state index contributed by atoms with van der Waals surface area (Å²) in [5, 5.41) is 6.60. The molecule has 0 bridgehead atoms. The number of benzene rings is 1. The number of nitrogens with one attached hydrogen (secondary N) is 2. The summed E-state index contributed by atoms with van der Waals surface area (Å²) in [6.45, 7) is 12.6. The molecule has 1 aromatic carbocycles. The maximum absolute atomic E-state index is 4.86. The summed E-state index contributed by atoms with van der Waals surface area (Å²) in [7, 11) is 1.93. The smallest absolute Gasteiger partial charge is 0.0511 e. The molecule has 1 fully saturated rings. The normalized spacial score (nSPS) is 23.6. The van der Waals surface area contributed by atoms with E-state index in [4.69, 9.17) is 4.99 Å². The predicted octanol–water partition coefficient (Wildman–Crippen LogP) is 5.93. The molecule has 0 saturated carbocycles. The Hall–Kier alpha value is -2.39. The van der Waals surface area contributed by atoms with Gasteiger partial charge in [0.1, 0.15) is 0 Å². The molecular weight excluding hydrogens is 378 g/mol. The second kappa shape index (κ2) is 11.3. The van der Waals surface area contributed by atoms with Gasteiger partial charge in [0.05, 0.1) is 5.71 Å². The fourth-order valence-corrected chi connectivity index (χ4v) is 5.00. The van der Waals surface area contributed by atoms with Crippen molar-refractivity contribution in [2.45, 2.75) is 52.4 Å². The van der Waals surface area contributed by atoms with Crippen molar-refractivity contribution in [1.29, 1.82) is 0 Å². The van der Waals surface area contributed by atoms with Crippen molar-refractivity contribution in [3.05, 3.63) is 83.2 Å². The number of nitrogens with zero attached hydrogens (tertiary/aromatic N) is 1. The number of hydrogen-bond donors (Lipinski definition) is 2. The van der Waals surface area contributed by atoms with Gasteiger partial charge in [0.25, 0.3) is 0 Å². The lowest BCUT2D eigenvalue weighted by Gasteiger charge is -2.28. The number of rotatable bonds is 6. The first kappa shape index (κ1) is 23.3. The molecule has 31 heavy (non-hydrogen) atoms. The van der Waals surface area contributed by atoms with Crippen LogP contribution in [0.1, 0.15) is 57.1 Å². The molecule has 2 aliphatic heterocycles. The summed E-state index contributed by atoms with van der Waals surface area (Å²) in [5.74, 6) is 1.66. The minimum absolute atomic E-state index is 0.386. The van der Waals surface area contributed by atoms with Gasteiger partial charge >= 0.3 is 0 Å². The minimum atomic E-state index is 0.386. The fraction of sp³-hybridized carbons (Fsp3) is 0.464. The van der Waals surface area contributed by atoms with Crippen molar-refractivity contribution in [3.63, 3.8) is 0 Å². The summed E-state index contributed by atoms with van der Waals surface area (Å²) in [5.41, 5.74) is 7.97. The Balaban J connectivity index is 0.00000132. The third-order valence-electron chi connectivity index (χ3n) is 6.51. The summed E-state index contributed by atoms with van der Waals surface area (Å²) >= 11 is 0. The predicted molar refractivity (Wildman–Crippen MR) is 135 cm³/mol. The van der Waals surface area contributed by atoms with E-state index in [1.54, 1.807) is 0 Å². The van der Waals surface area contributed by atoms with Crippen molar-refractivity contribution >= 4 is 5.71 Å². The zero-order valence-corrected chi connectivity index (χ0v) is 19.7. The average molecular weight is 418 g/mol. The van der Waals surface area contributed by atoms with E-state index in [0.717, 1.165) is 31.5 Å². The molecule has 0 amide bonds. The molecule has 0 spiro atoms. The Bertz CT molecular complexity index is 864. The first-order valence-electron chi connectivity index (χ1n) is 12.0. The molecule has 166 valence electrons. The second-order valence-corrected chi connectivity index (χ2v) is 8.59. The van der Waals surface area contributed by atoms with Crippen molar-refractivity contribution < 1.29 is 0 Å². The molecule has 1 aliphatic carbocycles. The molecule has 2 atom stereocenters. The van der Waals surface area contributed by atoms with Crippen molar-refractivity contribution in [3.8, 4) is 0 Å². The molecule has 3 heteroatoms. The zero-order valence-electron chi connectivity index (χ0n) is 19.7. The summed E-state index contributed by atoms with van der Waals surface area (Å²) in [4.78, 5) is 4.86. The summed E-state index contributed by atoms with van der Waals surface area (Å²) in [6.07, 6.45) is 13.0. The zero-order chi connectivity index (χ0) is 22.2. The van der Waals surface area contributed by atoms with Gasteiger partial charge in [-0.05, 0) is 78.5 Å². The van der Waals surface area contributed by atoms with E-state index in [2.05, 4.69) is 60.7 Å². The van der Waals surface area contributed by atoms with Gasteiger partial charge in [-0.25, -0.2) is 0 Å². The van der Waals surface area contributed by atoms with Crippen molar-refractivity contribution in [2.24, 2.45) is 16.8 Å². The van der Waals surface area contributed by atoms with Crippen LogP contribution in [0.2, 0.25) is 0 Å². The van der Waals surface area contributed by atoms with Gasteiger partial charge in [-0.1, -0.05) is 63.8 Å². The third-order valence-corrected chi connectivity index (χ3v) is 6.51. The monoisotopic (exact) mass is 417 g/mol. The number of allylic oxidation sites excluding steroid dienone is 5. The van der Waals surface area contributed by atoms with Gasteiger partial charge in [0, 0.05) is 25.4 Å². The van der Waals surface area contributed by atoms with E-state index in [1.807, 2.05) is 33.2 Å². The van der Waals surface area contributed by atoms with Crippen LogP contribution in [0.4, 0.5) is 0 Å². The first-order chi connectivity index (χ1) is 15.2. The van der Waals surface area contributed by atoms with Crippen LogP contribution >= 0.6 is 0 Å². The lowest BCUT2D eigenvalue weighted by molar-refractivity contribution is 0.460. The van der Waals surface area contributed by atoms with Crippen molar-refractivity contribution in [2.75, 3.05) is 20.1 Å². The number of hydrogen-bond acceptors (Lipinski definition) is 3. The molecule has 2 N–H and O–H groups in total. The minimum Gasteiger partial charge on any atom is -0.393 e. The SMILES string of the molecule is C=C/C(=C\NC)C1=CN=C2C(Cc3ccc(C4CCNCC4)cc3)=CC(C)CC12.CC. The van der Waals surface area contributed by atoms with Crippen LogP contribution in [0.25, 0.3) is 0 Å². The van der Waals surface area contributed by atoms with Crippen LogP contribution < -0.4 is 10.6 Å². The highest BCUT2D eigenvalue weighted by molar-refractivity contribution is 6.07. The van der Waals surface area contributed by atoms with Gasteiger partial charge in [0.15, 0.2) is 0 Å². The second-order valence-electron chi connectivity index (χ2n) is 8.59. The molecule has 1 saturated heterocycles. The topological polar surface area (TPSA) is 36.4 Å². The Morgan fingerprint density at radius 1 is 1.19 bits per heavy atom. The lowest BCUT2D eigenvalue weighted by atomic mass is 9.75. The lowest BCUT2D eigenvalue weighted by Crippen LogP contribution is -2.26. The Kier molecular flexibility index (Phi) is 8.48. The molecule has 1 aromatic rings. The highest BCUT2D eigenvalue weighted by atomic mass is 14.9. The van der Waals surface area contributed by atoms with Crippen LogP contribution in [0.3, 0.4) is 0 Å². The van der Waals surface area contributed by atoms with E-state index >= 15 is 0 Å². The van der Waals surface area contributed by atoms with Gasteiger partial charge in [0.2, 0.25) is 0 Å². The molecule has 2 unspecified atom stereocenters. The van der Waals surface area contributed by atoms with E-state index in [9.17, 15) is 0 Å². The summed E-state index contributed by atoms with van der Waals surface area (Å²) in [6, 6.07) is 9.35. The molecule has 0 aromatic heterocycles.